The molecule has 0 aromatic carbocycles. The molecule has 0 N–H and O–H groups in total. The van der Waals surface area contributed by atoms with Crippen LogP contribution in [0, 0.1) is 0 Å². The molecule has 0 aliphatic carbocycles. The fraction of sp³-hybridized carbons (Fsp3) is 1.00. The first-order valence-corrected chi connectivity index (χ1v) is 3.52. The minimum absolute atomic E-state index is 0. The summed E-state index contributed by atoms with van der Waals surface area (Å²) in [5.41, 5.74) is 0. The van der Waals surface area contributed by atoms with E-state index in [9.17, 15) is 0 Å². The Balaban J connectivity index is -0.000000245. The quantitative estimate of drug-likeness (QED) is 0.546. The zero-order valence-corrected chi connectivity index (χ0v) is 7.39. The molecule has 0 aliphatic heterocycles. The van der Waals surface area contributed by atoms with E-state index in [0.29, 0.717) is 0 Å². The van der Waals surface area contributed by atoms with Crippen LogP contribution >= 0.6 is 0 Å². The average molecular weight is 156 g/mol. The van der Waals surface area contributed by atoms with Crippen LogP contribution in [0.3, 0.4) is 0 Å². The van der Waals surface area contributed by atoms with Gasteiger partial charge in [-0.2, -0.15) is 0 Å². The van der Waals surface area contributed by atoms with Gasteiger partial charge in [0.25, 0.3) is 0 Å². The second kappa shape index (κ2) is 6.93. The maximum Gasteiger partial charge on any atom is 0.0755 e. The molecular weight excluding hydrogens is 136 g/mol. The topological polar surface area (TPSA) is 0 Å². The monoisotopic (exact) mass is 156 g/mol. The van der Waals surface area contributed by atoms with Gasteiger partial charge in [0.05, 0.1) is 26.7 Å². The molecule has 0 spiro atoms. The largest absolute Gasteiger partial charge is 0.327 e. The number of hydrogen-bond acceptors (Lipinski definition) is 0. The van der Waals surface area contributed by atoms with E-state index in [2.05, 4.69) is 27.8 Å². The highest BCUT2D eigenvalue weighted by atomic mass is 19.0. The number of hydrogen-bond donors (Lipinski definition) is 0. The molecule has 0 rings (SSSR count). The molecule has 0 atom stereocenters. The molecule has 0 fully saturated rings. The van der Waals surface area contributed by atoms with Gasteiger partial charge in [0, 0.05) is 0 Å². The van der Waals surface area contributed by atoms with Crippen LogP contribution in [0.25, 0.3) is 0 Å². The second-order valence-electron chi connectivity index (χ2n) is 2.57. The minimum atomic E-state index is 0. The summed E-state index contributed by atoms with van der Waals surface area (Å²) in [6.07, 6.45) is 0. The molecule has 3 heteroatoms. The third-order valence-electron chi connectivity index (χ3n) is 2.29. The van der Waals surface area contributed by atoms with Crippen LogP contribution in [0.5, 0.6) is 0 Å². The Hall–Kier alpha value is -0.180. The normalized spacial score (nSPS) is 9.60. The van der Waals surface area contributed by atoms with Gasteiger partial charge in [-0.25, -0.2) is 0 Å². The second-order valence-corrected chi connectivity index (χ2v) is 2.57. The zero-order chi connectivity index (χ0) is 6.62. The molecule has 0 aromatic heterocycles. The number of quaternary nitrogens is 1. The first-order chi connectivity index (χ1) is 3.68. The summed E-state index contributed by atoms with van der Waals surface area (Å²) in [6, 6.07) is 0. The smallest absolute Gasteiger partial charge is 0.0755 e. The molecule has 10 heavy (non-hydrogen) atoms. The van der Waals surface area contributed by atoms with E-state index in [4.69, 9.17) is 0 Å². The Kier molecular flexibility index (Phi) is 11.4. The number of rotatable bonds is 3. The van der Waals surface area contributed by atoms with Crippen LogP contribution in [-0.2, 0) is 0 Å². The zero-order valence-electron chi connectivity index (χ0n) is 7.39. The molecule has 0 bridgehead atoms. The summed E-state index contributed by atoms with van der Waals surface area (Å²) in [6.45, 7) is 10.5. The van der Waals surface area contributed by atoms with Gasteiger partial charge >= 0.3 is 0 Å². The molecule has 0 amide bonds. The summed E-state index contributed by atoms with van der Waals surface area (Å²) in [5, 5.41) is 0. The fourth-order valence-corrected chi connectivity index (χ4v) is 0.671. The highest BCUT2D eigenvalue weighted by Gasteiger charge is 2.10. The summed E-state index contributed by atoms with van der Waals surface area (Å²) < 4.78 is 1.21. The Labute approximate surface area is 62.4 Å². The Morgan fingerprint density at radius 2 is 1.00 bits per heavy atom. The highest BCUT2D eigenvalue weighted by molar-refractivity contribution is 4.24. The predicted octanol–water partition coefficient (Wildman–Crippen LogP) is 1.80. The Morgan fingerprint density at radius 3 is 1.00 bits per heavy atom. The van der Waals surface area contributed by atoms with Crippen molar-refractivity contribution >= 4 is 0 Å². The van der Waals surface area contributed by atoms with E-state index in [-0.39, 0.29) is 9.41 Å². The maximum atomic E-state index is 2.29. The molecular formula is C7H20F2N+. The fourth-order valence-electron chi connectivity index (χ4n) is 0.671. The van der Waals surface area contributed by atoms with E-state index < -0.39 is 0 Å². The summed E-state index contributed by atoms with van der Waals surface area (Å²) in [7, 11) is 2.29. The van der Waals surface area contributed by atoms with Crippen molar-refractivity contribution in [2.24, 2.45) is 0 Å². The number of nitrogens with zero attached hydrogens (tertiary/aromatic N) is 1. The van der Waals surface area contributed by atoms with E-state index in [1.165, 1.54) is 24.1 Å². The molecule has 0 aromatic rings. The lowest BCUT2D eigenvalue weighted by Gasteiger charge is -2.30. The van der Waals surface area contributed by atoms with Gasteiger partial charge in [0.15, 0.2) is 0 Å². The van der Waals surface area contributed by atoms with Gasteiger partial charge in [-0.05, 0) is 20.8 Å². The van der Waals surface area contributed by atoms with Gasteiger partial charge in [-0.1, -0.05) is 0 Å². The van der Waals surface area contributed by atoms with Gasteiger partial charge in [-0.15, -0.1) is 0 Å². The van der Waals surface area contributed by atoms with Gasteiger partial charge in [0.1, 0.15) is 0 Å². The molecule has 0 radical (unpaired) electrons. The summed E-state index contributed by atoms with van der Waals surface area (Å²) in [4.78, 5) is 0. The highest BCUT2D eigenvalue weighted by Crippen LogP contribution is 1.97. The minimum Gasteiger partial charge on any atom is -0.327 e. The van der Waals surface area contributed by atoms with Crippen molar-refractivity contribution in [3.05, 3.63) is 0 Å². The van der Waals surface area contributed by atoms with Crippen molar-refractivity contribution in [3.63, 3.8) is 0 Å². The lowest BCUT2D eigenvalue weighted by Crippen LogP contribution is -2.42. The van der Waals surface area contributed by atoms with E-state index >= 15 is 0 Å². The molecule has 0 aliphatic rings. The standard InChI is InChI=1S/C7H18N.2FH/c1-5-8(4,6-2)7-3;;/h5-7H2,1-4H3;2*1H/q+1;;. The van der Waals surface area contributed by atoms with E-state index in [1.807, 2.05) is 0 Å². The van der Waals surface area contributed by atoms with Crippen LogP contribution in [0.4, 0.5) is 9.41 Å². The molecule has 66 valence electrons. The van der Waals surface area contributed by atoms with Gasteiger partial charge in [-0.3, -0.25) is 9.41 Å². The first kappa shape index (κ1) is 16.4. The number of halogens is 2. The SMILES string of the molecule is CC[N+](C)(CC)CC.F.F. The molecule has 1 nitrogen and oxygen atoms in total. The first-order valence-electron chi connectivity index (χ1n) is 3.52. The van der Waals surface area contributed by atoms with Crippen LogP contribution in [0.15, 0.2) is 0 Å². The van der Waals surface area contributed by atoms with Crippen molar-refractivity contribution in [1.29, 1.82) is 0 Å². The van der Waals surface area contributed by atoms with Gasteiger partial charge in [0.2, 0.25) is 0 Å². The third-order valence-corrected chi connectivity index (χ3v) is 2.29. The maximum absolute atomic E-state index is 2.29. The van der Waals surface area contributed by atoms with Crippen LogP contribution < -0.4 is 0 Å². The average Bonchev–Trinajstić information content (AvgIpc) is 1.87. The molecule has 0 unspecified atom stereocenters. The van der Waals surface area contributed by atoms with Crippen molar-refractivity contribution < 1.29 is 13.9 Å². The molecule has 0 saturated carbocycles. The summed E-state index contributed by atoms with van der Waals surface area (Å²) in [5.74, 6) is 0. The lowest BCUT2D eigenvalue weighted by molar-refractivity contribution is -0.904. The predicted molar refractivity (Wildman–Crippen MR) is 42.8 cm³/mol. The van der Waals surface area contributed by atoms with Crippen molar-refractivity contribution in [3.8, 4) is 0 Å². The molecule has 0 saturated heterocycles. The van der Waals surface area contributed by atoms with Crippen LogP contribution in [0.2, 0.25) is 0 Å². The Bertz CT molecular complexity index is 54.4. The lowest BCUT2D eigenvalue weighted by atomic mass is 10.4. The Morgan fingerprint density at radius 1 is 0.800 bits per heavy atom. The van der Waals surface area contributed by atoms with Crippen molar-refractivity contribution in [2.45, 2.75) is 20.8 Å². The molecule has 0 heterocycles. The van der Waals surface area contributed by atoms with Crippen LogP contribution in [0.1, 0.15) is 20.8 Å². The van der Waals surface area contributed by atoms with Crippen molar-refractivity contribution in [2.75, 3.05) is 26.7 Å². The van der Waals surface area contributed by atoms with Gasteiger partial charge < -0.3 is 4.48 Å². The van der Waals surface area contributed by atoms with E-state index in [1.54, 1.807) is 0 Å². The van der Waals surface area contributed by atoms with E-state index in [0.717, 1.165) is 0 Å². The third kappa shape index (κ3) is 4.68. The summed E-state index contributed by atoms with van der Waals surface area (Å²) >= 11 is 0. The van der Waals surface area contributed by atoms with Crippen molar-refractivity contribution in [1.82, 2.24) is 0 Å². The van der Waals surface area contributed by atoms with Crippen LogP contribution in [-0.4, -0.2) is 31.2 Å².